The summed E-state index contributed by atoms with van der Waals surface area (Å²) in [6.07, 6.45) is 1.70. The number of rotatable bonds is 5. The Kier molecular flexibility index (Phi) is 5.72. The van der Waals surface area contributed by atoms with Gasteiger partial charge in [0.15, 0.2) is 5.82 Å². The molecule has 0 saturated carbocycles. The topological polar surface area (TPSA) is 66.9 Å². The van der Waals surface area contributed by atoms with Gasteiger partial charge in [-0.2, -0.15) is 0 Å². The number of halogens is 1. The van der Waals surface area contributed by atoms with Crippen LogP contribution in [-0.4, -0.2) is 15.9 Å². The quantitative estimate of drug-likeness (QED) is 0.414. The molecule has 6 heteroatoms. The van der Waals surface area contributed by atoms with Gasteiger partial charge in [-0.3, -0.25) is 4.79 Å². The standard InChI is InChI=1S/C24H19ClN4O/c1-16-10-11-20(15-21(16)25)28-24(30)18-8-5-9-19(14-18)27-22-12-13-26-23(29-22)17-6-3-2-4-7-17/h2-15H,1H3,(H,28,30)(H,26,27,29). The van der Waals surface area contributed by atoms with Gasteiger partial charge in [0.1, 0.15) is 5.82 Å². The van der Waals surface area contributed by atoms with E-state index in [9.17, 15) is 4.79 Å². The lowest BCUT2D eigenvalue weighted by Crippen LogP contribution is -2.12. The first-order chi connectivity index (χ1) is 14.6. The highest BCUT2D eigenvalue weighted by molar-refractivity contribution is 6.31. The van der Waals surface area contributed by atoms with Crippen LogP contribution in [0.3, 0.4) is 0 Å². The van der Waals surface area contributed by atoms with Gasteiger partial charge in [-0.05, 0) is 48.9 Å². The SMILES string of the molecule is Cc1ccc(NC(=O)c2cccc(Nc3ccnc(-c4ccccc4)n3)c2)cc1Cl. The molecule has 0 unspecified atom stereocenters. The maximum atomic E-state index is 12.6. The van der Waals surface area contributed by atoms with Crippen LogP contribution in [0.1, 0.15) is 15.9 Å². The molecular formula is C24H19ClN4O. The van der Waals surface area contributed by atoms with E-state index in [0.29, 0.717) is 27.9 Å². The van der Waals surface area contributed by atoms with Crippen LogP contribution in [0.2, 0.25) is 5.02 Å². The molecule has 30 heavy (non-hydrogen) atoms. The Labute approximate surface area is 179 Å². The molecular weight excluding hydrogens is 396 g/mol. The minimum Gasteiger partial charge on any atom is -0.340 e. The zero-order valence-electron chi connectivity index (χ0n) is 16.3. The number of hydrogen-bond acceptors (Lipinski definition) is 4. The molecule has 1 amide bonds. The van der Waals surface area contributed by atoms with Crippen LogP contribution in [0.5, 0.6) is 0 Å². The third-order valence-corrected chi connectivity index (χ3v) is 4.92. The van der Waals surface area contributed by atoms with Gasteiger partial charge in [0, 0.05) is 33.7 Å². The molecule has 5 nitrogen and oxygen atoms in total. The van der Waals surface area contributed by atoms with E-state index in [1.807, 2.05) is 61.5 Å². The Morgan fingerprint density at radius 2 is 1.73 bits per heavy atom. The number of nitrogens with zero attached hydrogens (tertiary/aromatic N) is 2. The summed E-state index contributed by atoms with van der Waals surface area (Å²) in [7, 11) is 0. The monoisotopic (exact) mass is 414 g/mol. The van der Waals surface area contributed by atoms with Crippen molar-refractivity contribution in [3.05, 3.63) is 101 Å². The summed E-state index contributed by atoms with van der Waals surface area (Å²) in [4.78, 5) is 21.5. The first-order valence-corrected chi connectivity index (χ1v) is 9.79. The summed E-state index contributed by atoms with van der Waals surface area (Å²) >= 11 is 6.14. The number of hydrogen-bond donors (Lipinski definition) is 2. The van der Waals surface area contributed by atoms with Crippen molar-refractivity contribution in [2.24, 2.45) is 0 Å². The summed E-state index contributed by atoms with van der Waals surface area (Å²) < 4.78 is 0. The Balaban J connectivity index is 1.51. The molecule has 1 heterocycles. The molecule has 3 aromatic carbocycles. The van der Waals surface area contributed by atoms with E-state index in [1.54, 1.807) is 30.5 Å². The molecule has 4 rings (SSSR count). The van der Waals surface area contributed by atoms with Crippen LogP contribution in [0.4, 0.5) is 17.2 Å². The van der Waals surface area contributed by atoms with Gasteiger partial charge >= 0.3 is 0 Å². The largest absolute Gasteiger partial charge is 0.340 e. The highest BCUT2D eigenvalue weighted by Gasteiger charge is 2.09. The number of carbonyl (C=O) groups excluding carboxylic acids is 1. The van der Waals surface area contributed by atoms with E-state index in [1.165, 1.54) is 0 Å². The molecule has 0 aliphatic carbocycles. The lowest BCUT2D eigenvalue weighted by molar-refractivity contribution is 0.102. The van der Waals surface area contributed by atoms with Crippen LogP contribution in [0.15, 0.2) is 85.1 Å². The van der Waals surface area contributed by atoms with Gasteiger partial charge in [0.2, 0.25) is 0 Å². The number of amides is 1. The molecule has 0 bridgehead atoms. The fraction of sp³-hybridized carbons (Fsp3) is 0.0417. The fourth-order valence-electron chi connectivity index (χ4n) is 2.91. The zero-order valence-corrected chi connectivity index (χ0v) is 17.0. The highest BCUT2D eigenvalue weighted by Crippen LogP contribution is 2.22. The number of carbonyl (C=O) groups is 1. The normalized spacial score (nSPS) is 10.5. The van der Waals surface area contributed by atoms with E-state index in [0.717, 1.165) is 16.8 Å². The van der Waals surface area contributed by atoms with E-state index in [2.05, 4.69) is 20.6 Å². The maximum Gasteiger partial charge on any atom is 0.255 e. The van der Waals surface area contributed by atoms with E-state index in [-0.39, 0.29) is 5.91 Å². The molecule has 2 N–H and O–H groups in total. The molecule has 148 valence electrons. The number of nitrogens with one attached hydrogen (secondary N) is 2. The number of benzene rings is 3. The van der Waals surface area contributed by atoms with Crippen LogP contribution in [-0.2, 0) is 0 Å². The number of aryl methyl sites for hydroxylation is 1. The van der Waals surface area contributed by atoms with Gasteiger partial charge in [0.05, 0.1) is 0 Å². The van der Waals surface area contributed by atoms with Crippen molar-refractivity contribution < 1.29 is 4.79 Å². The van der Waals surface area contributed by atoms with E-state index < -0.39 is 0 Å². The number of aromatic nitrogens is 2. The molecule has 0 saturated heterocycles. The first-order valence-electron chi connectivity index (χ1n) is 9.41. The molecule has 0 atom stereocenters. The Morgan fingerprint density at radius 3 is 2.53 bits per heavy atom. The minimum atomic E-state index is -0.216. The second-order valence-corrected chi connectivity index (χ2v) is 7.16. The molecule has 0 aliphatic rings. The Bertz CT molecular complexity index is 1190. The summed E-state index contributed by atoms with van der Waals surface area (Å²) in [5.41, 5.74) is 3.82. The lowest BCUT2D eigenvalue weighted by Gasteiger charge is -2.10. The predicted molar refractivity (Wildman–Crippen MR) is 121 cm³/mol. The van der Waals surface area contributed by atoms with Crippen LogP contribution >= 0.6 is 11.6 Å². The van der Waals surface area contributed by atoms with Crippen molar-refractivity contribution in [1.29, 1.82) is 0 Å². The second kappa shape index (κ2) is 8.76. The summed E-state index contributed by atoms with van der Waals surface area (Å²) in [5.74, 6) is 1.06. The van der Waals surface area contributed by atoms with Gasteiger partial charge in [-0.1, -0.05) is 54.1 Å². The average molecular weight is 415 g/mol. The Morgan fingerprint density at radius 1 is 0.900 bits per heavy atom. The average Bonchev–Trinajstić information content (AvgIpc) is 2.77. The van der Waals surface area contributed by atoms with Gasteiger partial charge < -0.3 is 10.6 Å². The van der Waals surface area contributed by atoms with Crippen molar-refractivity contribution >= 4 is 34.7 Å². The Hall–Kier alpha value is -3.70. The molecule has 0 aliphatic heterocycles. The zero-order chi connectivity index (χ0) is 20.9. The fourth-order valence-corrected chi connectivity index (χ4v) is 3.10. The minimum absolute atomic E-state index is 0.216. The molecule has 1 aromatic heterocycles. The van der Waals surface area contributed by atoms with Crippen LogP contribution < -0.4 is 10.6 Å². The molecule has 0 spiro atoms. The number of anilines is 3. The van der Waals surface area contributed by atoms with Crippen LogP contribution in [0.25, 0.3) is 11.4 Å². The first kappa shape index (κ1) is 19.6. The van der Waals surface area contributed by atoms with Crippen molar-refractivity contribution in [3.8, 4) is 11.4 Å². The predicted octanol–water partition coefficient (Wildman–Crippen LogP) is 6.10. The molecule has 0 fully saturated rings. The van der Waals surface area contributed by atoms with Crippen molar-refractivity contribution in [2.45, 2.75) is 6.92 Å². The lowest BCUT2D eigenvalue weighted by atomic mass is 10.1. The summed E-state index contributed by atoms with van der Waals surface area (Å²) in [6.45, 7) is 1.92. The van der Waals surface area contributed by atoms with Crippen molar-refractivity contribution in [1.82, 2.24) is 9.97 Å². The van der Waals surface area contributed by atoms with Crippen molar-refractivity contribution in [2.75, 3.05) is 10.6 Å². The van der Waals surface area contributed by atoms with Gasteiger partial charge in [-0.25, -0.2) is 9.97 Å². The smallest absolute Gasteiger partial charge is 0.255 e. The molecule has 0 radical (unpaired) electrons. The maximum absolute atomic E-state index is 12.6. The van der Waals surface area contributed by atoms with Crippen molar-refractivity contribution in [3.63, 3.8) is 0 Å². The van der Waals surface area contributed by atoms with Gasteiger partial charge in [-0.15, -0.1) is 0 Å². The van der Waals surface area contributed by atoms with E-state index in [4.69, 9.17) is 11.6 Å². The second-order valence-electron chi connectivity index (χ2n) is 6.76. The highest BCUT2D eigenvalue weighted by atomic mass is 35.5. The summed E-state index contributed by atoms with van der Waals surface area (Å²) in [6, 6.07) is 24.2. The third kappa shape index (κ3) is 4.64. The van der Waals surface area contributed by atoms with Crippen LogP contribution in [0, 0.1) is 6.92 Å². The van der Waals surface area contributed by atoms with Gasteiger partial charge in [0.25, 0.3) is 5.91 Å². The third-order valence-electron chi connectivity index (χ3n) is 4.51. The molecule has 4 aromatic rings. The van der Waals surface area contributed by atoms with E-state index >= 15 is 0 Å². The summed E-state index contributed by atoms with van der Waals surface area (Å²) in [5, 5.41) is 6.72.